The summed E-state index contributed by atoms with van der Waals surface area (Å²) in [6, 6.07) is 8.45. The summed E-state index contributed by atoms with van der Waals surface area (Å²) in [4.78, 5) is 27.0. The second kappa shape index (κ2) is 9.09. The summed E-state index contributed by atoms with van der Waals surface area (Å²) < 4.78 is 43.9. The highest BCUT2D eigenvalue weighted by molar-refractivity contribution is 7.90. The van der Waals surface area contributed by atoms with Gasteiger partial charge in [-0.1, -0.05) is 18.2 Å². The monoisotopic (exact) mass is 463 g/mol. The van der Waals surface area contributed by atoms with Crippen molar-refractivity contribution in [1.82, 2.24) is 9.71 Å². The van der Waals surface area contributed by atoms with Gasteiger partial charge in [0.1, 0.15) is 12.7 Å². The zero-order chi connectivity index (χ0) is 22.7. The van der Waals surface area contributed by atoms with E-state index < -0.39 is 37.7 Å². The van der Waals surface area contributed by atoms with Gasteiger partial charge in [0.25, 0.3) is 27.6 Å². The summed E-state index contributed by atoms with van der Waals surface area (Å²) >= 11 is 0. The van der Waals surface area contributed by atoms with Crippen LogP contribution >= 0.6 is 0 Å². The van der Waals surface area contributed by atoms with E-state index in [9.17, 15) is 23.3 Å². The Kier molecular flexibility index (Phi) is 6.24. The molecule has 11 nitrogen and oxygen atoms in total. The number of nitrogens with one attached hydrogen (secondary N) is 1. The van der Waals surface area contributed by atoms with Gasteiger partial charge < -0.3 is 14.2 Å². The molecule has 0 unspecified atom stereocenters. The van der Waals surface area contributed by atoms with Gasteiger partial charge >= 0.3 is 5.69 Å². The van der Waals surface area contributed by atoms with E-state index >= 15 is 0 Å². The number of carbonyl (C=O) groups excluding carboxylic acids is 1. The van der Waals surface area contributed by atoms with E-state index in [2.05, 4.69) is 4.98 Å². The van der Waals surface area contributed by atoms with Gasteiger partial charge in [-0.2, -0.15) is 13.4 Å². The molecule has 3 heterocycles. The van der Waals surface area contributed by atoms with Crippen molar-refractivity contribution < 1.29 is 32.3 Å². The molecule has 2 aliphatic rings. The molecule has 2 aliphatic heterocycles. The Hall–Kier alpha value is -3.25. The first-order chi connectivity index (χ1) is 15.3. The van der Waals surface area contributed by atoms with Crippen molar-refractivity contribution in [3.8, 4) is 11.6 Å². The molecular weight excluding hydrogens is 442 g/mol. The largest absolute Gasteiger partial charge is 0.476 e. The zero-order valence-electron chi connectivity index (χ0n) is 16.9. The topological polar surface area (TPSA) is 147 Å². The number of ether oxygens (including phenoxy) is 3. The van der Waals surface area contributed by atoms with Gasteiger partial charge in [0, 0.05) is 18.8 Å². The quantitative estimate of drug-likeness (QED) is 0.502. The van der Waals surface area contributed by atoms with E-state index in [0.29, 0.717) is 25.6 Å². The smallest absolute Gasteiger partial charge is 0.319 e. The molecule has 1 aromatic carbocycles. The Morgan fingerprint density at radius 3 is 2.62 bits per heavy atom. The summed E-state index contributed by atoms with van der Waals surface area (Å²) in [5, 5.41) is 10.9. The van der Waals surface area contributed by atoms with Gasteiger partial charge in [0.2, 0.25) is 0 Å². The number of hydrogen-bond acceptors (Lipinski definition) is 9. The third-order valence-electron chi connectivity index (χ3n) is 5.26. The average Bonchev–Trinajstić information content (AvgIpc) is 2.79. The molecule has 12 heteroatoms. The minimum atomic E-state index is -4.50. The fraction of sp³-hybridized carbons (Fsp3) is 0.400. The fourth-order valence-corrected chi connectivity index (χ4v) is 4.56. The van der Waals surface area contributed by atoms with Crippen molar-refractivity contribution >= 4 is 21.6 Å². The van der Waals surface area contributed by atoms with E-state index in [0.717, 1.165) is 18.9 Å². The molecule has 0 radical (unpaired) electrons. The summed E-state index contributed by atoms with van der Waals surface area (Å²) in [5.74, 6) is -1.05. The van der Waals surface area contributed by atoms with E-state index in [1.54, 1.807) is 18.2 Å². The first-order valence-electron chi connectivity index (χ1n) is 10.0. The summed E-state index contributed by atoms with van der Waals surface area (Å²) in [6.45, 7) is 1.40. The van der Waals surface area contributed by atoms with Gasteiger partial charge in [0.15, 0.2) is 5.03 Å². The first-order valence-corrected chi connectivity index (χ1v) is 11.5. The molecule has 1 saturated heterocycles. The normalized spacial score (nSPS) is 18.7. The predicted octanol–water partition coefficient (Wildman–Crippen LogP) is 2.06. The van der Waals surface area contributed by atoms with Crippen molar-refractivity contribution in [2.75, 3.05) is 19.8 Å². The number of hydrogen-bond donors (Lipinski definition) is 1. The van der Waals surface area contributed by atoms with Crippen LogP contribution in [0.15, 0.2) is 41.4 Å². The Morgan fingerprint density at radius 1 is 1.22 bits per heavy atom. The lowest BCUT2D eigenvalue weighted by Crippen LogP contribution is -2.34. The highest BCUT2D eigenvalue weighted by Gasteiger charge is 2.35. The van der Waals surface area contributed by atoms with Crippen LogP contribution in [0.5, 0.6) is 11.6 Å². The lowest BCUT2D eigenvalue weighted by Gasteiger charge is -2.30. The van der Waals surface area contributed by atoms with Crippen LogP contribution in [0.1, 0.15) is 29.6 Å². The molecule has 1 N–H and O–H groups in total. The van der Waals surface area contributed by atoms with Crippen LogP contribution < -0.4 is 14.2 Å². The third-order valence-corrected chi connectivity index (χ3v) is 6.48. The zero-order valence-corrected chi connectivity index (χ0v) is 17.7. The molecule has 0 saturated carbocycles. The molecule has 170 valence electrons. The number of amides is 1. The molecule has 1 atom stereocenters. The number of fused-ring (bicyclic) bond motifs is 1. The maximum absolute atomic E-state index is 12.7. The molecule has 1 fully saturated rings. The summed E-state index contributed by atoms with van der Waals surface area (Å²) in [6.07, 6.45) is 1.94. The molecule has 0 spiro atoms. The SMILES string of the molecule is O=C(NS(=O)(=O)c1cc([N+](=O)[O-])c2c(n1)OC[C@H](CC1CCOCC1)O2)c1ccccc1. The Labute approximate surface area is 183 Å². The number of sulfonamides is 1. The number of pyridine rings is 1. The maximum atomic E-state index is 12.7. The molecule has 0 bridgehead atoms. The molecular formula is C20H21N3O8S. The molecule has 1 amide bonds. The lowest BCUT2D eigenvalue weighted by molar-refractivity contribution is -0.386. The highest BCUT2D eigenvalue weighted by Crippen LogP contribution is 2.41. The molecule has 2 aromatic rings. The molecule has 1 aromatic heterocycles. The standard InChI is InChI=1S/C20H21N3O8S/c24-19(14-4-2-1-3-5-14)22-32(27,28)17-11-16(23(25)26)18-20(21-17)30-12-15(31-18)10-13-6-8-29-9-7-13/h1-5,11,13,15H,6-10,12H2,(H,22,24)/t15-/m0/s1. The van der Waals surface area contributed by atoms with Crippen LogP contribution in [0, 0.1) is 16.0 Å². The Bertz CT molecular complexity index is 1120. The second-order valence-electron chi connectivity index (χ2n) is 7.51. The van der Waals surface area contributed by atoms with Crippen LogP contribution in [0.3, 0.4) is 0 Å². The third kappa shape index (κ3) is 4.81. The minimum Gasteiger partial charge on any atom is -0.476 e. The number of carbonyl (C=O) groups is 1. The maximum Gasteiger partial charge on any atom is 0.319 e. The van der Waals surface area contributed by atoms with Crippen LogP contribution in [0.4, 0.5) is 5.69 Å². The summed E-state index contributed by atoms with van der Waals surface area (Å²) in [5.41, 5.74) is -0.488. The molecule has 4 rings (SSSR count). The molecule has 0 aliphatic carbocycles. The summed E-state index contributed by atoms with van der Waals surface area (Å²) in [7, 11) is -4.50. The first kappa shape index (κ1) is 22.0. The van der Waals surface area contributed by atoms with Crippen LogP contribution in [0.2, 0.25) is 0 Å². The number of nitrogens with zero attached hydrogens (tertiary/aromatic N) is 2. The van der Waals surface area contributed by atoms with Crippen LogP contribution in [-0.4, -0.2) is 50.2 Å². The van der Waals surface area contributed by atoms with Crippen LogP contribution in [0.25, 0.3) is 0 Å². The predicted molar refractivity (Wildman–Crippen MR) is 110 cm³/mol. The van der Waals surface area contributed by atoms with Crippen molar-refractivity contribution in [1.29, 1.82) is 0 Å². The van der Waals surface area contributed by atoms with Gasteiger partial charge in [-0.15, -0.1) is 0 Å². The van der Waals surface area contributed by atoms with Crippen molar-refractivity contribution in [3.63, 3.8) is 0 Å². The molecule has 32 heavy (non-hydrogen) atoms. The lowest BCUT2D eigenvalue weighted by atomic mass is 9.93. The number of benzene rings is 1. The van der Waals surface area contributed by atoms with Gasteiger partial charge in [-0.3, -0.25) is 14.9 Å². The van der Waals surface area contributed by atoms with E-state index in [-0.39, 0.29) is 23.8 Å². The van der Waals surface area contributed by atoms with Gasteiger partial charge in [-0.25, -0.2) is 4.72 Å². The second-order valence-corrected chi connectivity index (χ2v) is 9.14. The van der Waals surface area contributed by atoms with Crippen molar-refractivity contribution in [3.05, 3.63) is 52.1 Å². The van der Waals surface area contributed by atoms with E-state index in [1.165, 1.54) is 12.1 Å². The van der Waals surface area contributed by atoms with Gasteiger partial charge in [-0.05, 0) is 37.3 Å². The van der Waals surface area contributed by atoms with Crippen LogP contribution in [-0.2, 0) is 14.8 Å². The van der Waals surface area contributed by atoms with E-state index in [1.807, 2.05) is 4.72 Å². The van der Waals surface area contributed by atoms with Crippen molar-refractivity contribution in [2.24, 2.45) is 5.92 Å². The van der Waals surface area contributed by atoms with Gasteiger partial charge in [0.05, 0.1) is 11.0 Å². The average molecular weight is 463 g/mol. The van der Waals surface area contributed by atoms with E-state index in [4.69, 9.17) is 14.2 Å². The Balaban J connectivity index is 1.57. The number of nitro groups is 1. The Morgan fingerprint density at radius 2 is 1.94 bits per heavy atom. The fourth-order valence-electron chi connectivity index (χ4n) is 3.62. The minimum absolute atomic E-state index is 0.0778. The highest BCUT2D eigenvalue weighted by atomic mass is 32.2. The number of rotatable bonds is 6. The number of aromatic nitrogens is 1. The van der Waals surface area contributed by atoms with Crippen molar-refractivity contribution in [2.45, 2.75) is 30.4 Å².